The summed E-state index contributed by atoms with van der Waals surface area (Å²) in [4.78, 5) is 17.1. The number of amides is 1. The van der Waals surface area contributed by atoms with E-state index >= 15 is 0 Å². The molecule has 1 amide bonds. The number of aromatic nitrogens is 1. The third kappa shape index (κ3) is 5.43. The molecule has 0 radical (unpaired) electrons. The number of halogens is 2. The normalized spacial score (nSPS) is 11.9. The molecule has 33 heavy (non-hydrogen) atoms. The second-order valence-corrected chi connectivity index (χ2v) is 9.40. The lowest BCUT2D eigenvalue weighted by atomic mass is 9.98. The number of hydrogen-bond acceptors (Lipinski definition) is 4. The number of nitrogens with one attached hydrogen (secondary N) is 2. The van der Waals surface area contributed by atoms with Gasteiger partial charge in [-0.15, -0.1) is 0 Å². The fourth-order valence-corrected chi connectivity index (χ4v) is 4.09. The summed E-state index contributed by atoms with van der Waals surface area (Å²) in [6, 6.07) is 18.5. The number of anilines is 1. The van der Waals surface area contributed by atoms with Gasteiger partial charge in [0.15, 0.2) is 10.7 Å². The standard InChI is InChI=1S/C25H21BrClN3O2S/c1-3-14(2)15-8-10-22-21(12-15)28-24(32-22)17-7-9-19(27)20(13-17)29-25(33)30-23(31)16-5-4-6-18(26)11-16/h4-14H,3H2,1-2H3,(H2,29,30,31,33). The summed E-state index contributed by atoms with van der Waals surface area (Å²) in [5, 5.41) is 6.24. The Hall–Kier alpha value is -2.74. The zero-order valence-electron chi connectivity index (χ0n) is 18.0. The third-order valence-electron chi connectivity index (χ3n) is 5.37. The maximum absolute atomic E-state index is 12.4. The Kier molecular flexibility index (Phi) is 7.12. The zero-order chi connectivity index (χ0) is 23.5. The van der Waals surface area contributed by atoms with Crippen LogP contribution in [0.3, 0.4) is 0 Å². The van der Waals surface area contributed by atoms with Crippen LogP contribution in [0.2, 0.25) is 5.02 Å². The van der Waals surface area contributed by atoms with Gasteiger partial charge in [-0.1, -0.05) is 53.5 Å². The van der Waals surface area contributed by atoms with Crippen LogP contribution in [0.15, 0.2) is 69.6 Å². The zero-order valence-corrected chi connectivity index (χ0v) is 21.1. The van der Waals surface area contributed by atoms with E-state index in [0.29, 0.717) is 28.1 Å². The largest absolute Gasteiger partial charge is 0.436 e. The molecular formula is C25H21BrClN3O2S. The molecular weight excluding hydrogens is 522 g/mol. The molecule has 4 aromatic rings. The SMILES string of the molecule is CCC(C)c1ccc2oc(-c3ccc(Cl)c(NC(=S)NC(=O)c4cccc(Br)c4)c3)nc2c1. The number of thiocarbonyl (C=S) groups is 1. The van der Waals surface area contributed by atoms with Crippen molar-refractivity contribution in [2.75, 3.05) is 5.32 Å². The average Bonchev–Trinajstić information content (AvgIpc) is 3.23. The molecule has 3 aromatic carbocycles. The summed E-state index contributed by atoms with van der Waals surface area (Å²) in [5.41, 5.74) is 4.52. The van der Waals surface area contributed by atoms with Gasteiger partial charge in [-0.2, -0.15) is 0 Å². The minimum absolute atomic E-state index is 0.134. The van der Waals surface area contributed by atoms with Gasteiger partial charge in [0.25, 0.3) is 5.91 Å². The third-order valence-corrected chi connectivity index (χ3v) is 6.40. The summed E-state index contributed by atoms with van der Waals surface area (Å²) in [7, 11) is 0. The van der Waals surface area contributed by atoms with Crippen LogP contribution in [0.25, 0.3) is 22.6 Å². The van der Waals surface area contributed by atoms with Crippen molar-refractivity contribution in [2.24, 2.45) is 0 Å². The van der Waals surface area contributed by atoms with Gasteiger partial charge in [0.2, 0.25) is 5.89 Å². The second kappa shape index (κ2) is 10.0. The molecule has 8 heteroatoms. The molecule has 5 nitrogen and oxygen atoms in total. The van der Waals surface area contributed by atoms with Gasteiger partial charge in [0, 0.05) is 15.6 Å². The van der Waals surface area contributed by atoms with Crippen molar-refractivity contribution in [2.45, 2.75) is 26.2 Å². The van der Waals surface area contributed by atoms with Gasteiger partial charge >= 0.3 is 0 Å². The number of carbonyl (C=O) groups excluding carboxylic acids is 1. The molecule has 0 aliphatic carbocycles. The molecule has 0 saturated carbocycles. The number of nitrogens with zero attached hydrogens (tertiary/aromatic N) is 1. The molecule has 0 fully saturated rings. The van der Waals surface area contributed by atoms with E-state index < -0.39 is 0 Å². The Bertz CT molecular complexity index is 1350. The quantitative estimate of drug-likeness (QED) is 0.255. The van der Waals surface area contributed by atoms with E-state index in [4.69, 9.17) is 28.2 Å². The van der Waals surface area contributed by atoms with Gasteiger partial charge < -0.3 is 9.73 Å². The minimum atomic E-state index is -0.322. The Balaban J connectivity index is 1.54. The Morgan fingerprint density at radius 2 is 2.00 bits per heavy atom. The highest BCUT2D eigenvalue weighted by Gasteiger charge is 2.14. The van der Waals surface area contributed by atoms with Crippen LogP contribution in [-0.2, 0) is 0 Å². The maximum Gasteiger partial charge on any atom is 0.257 e. The first-order valence-electron chi connectivity index (χ1n) is 10.4. The smallest absolute Gasteiger partial charge is 0.257 e. The predicted octanol–water partition coefficient (Wildman–Crippen LogP) is 7.55. The summed E-state index contributed by atoms with van der Waals surface area (Å²) < 4.78 is 6.77. The monoisotopic (exact) mass is 541 g/mol. The summed E-state index contributed by atoms with van der Waals surface area (Å²) in [6.45, 7) is 4.36. The highest BCUT2D eigenvalue weighted by Crippen LogP contribution is 2.31. The van der Waals surface area contributed by atoms with Crippen molar-refractivity contribution in [3.63, 3.8) is 0 Å². The summed E-state index contributed by atoms with van der Waals surface area (Å²) in [5.74, 6) is 0.612. The average molecular weight is 543 g/mol. The van der Waals surface area contributed by atoms with Crippen molar-refractivity contribution < 1.29 is 9.21 Å². The highest BCUT2D eigenvalue weighted by atomic mass is 79.9. The molecule has 0 aliphatic rings. The Morgan fingerprint density at radius 3 is 2.76 bits per heavy atom. The van der Waals surface area contributed by atoms with Crippen molar-refractivity contribution in [3.05, 3.63) is 81.3 Å². The number of oxazole rings is 1. The lowest BCUT2D eigenvalue weighted by Gasteiger charge is -2.12. The van der Waals surface area contributed by atoms with E-state index in [-0.39, 0.29) is 11.0 Å². The van der Waals surface area contributed by atoms with E-state index in [1.54, 1.807) is 30.3 Å². The van der Waals surface area contributed by atoms with Crippen molar-refractivity contribution in [1.82, 2.24) is 10.3 Å². The van der Waals surface area contributed by atoms with Crippen LogP contribution >= 0.6 is 39.7 Å². The van der Waals surface area contributed by atoms with E-state index in [0.717, 1.165) is 27.6 Å². The van der Waals surface area contributed by atoms with Gasteiger partial charge in [0.05, 0.1) is 10.7 Å². The van der Waals surface area contributed by atoms with Gasteiger partial charge in [0.1, 0.15) is 5.52 Å². The molecule has 0 bridgehead atoms. The molecule has 1 aromatic heterocycles. The fourth-order valence-electron chi connectivity index (χ4n) is 3.32. The highest BCUT2D eigenvalue weighted by molar-refractivity contribution is 9.10. The summed E-state index contributed by atoms with van der Waals surface area (Å²) in [6.07, 6.45) is 1.06. The van der Waals surface area contributed by atoms with Crippen molar-refractivity contribution >= 4 is 67.6 Å². The molecule has 4 rings (SSSR count). The molecule has 1 unspecified atom stereocenters. The molecule has 0 saturated heterocycles. The number of carbonyl (C=O) groups is 1. The molecule has 1 heterocycles. The van der Waals surface area contributed by atoms with Crippen LogP contribution in [-0.4, -0.2) is 16.0 Å². The molecule has 0 spiro atoms. The van der Waals surface area contributed by atoms with Gasteiger partial charge in [-0.25, -0.2) is 4.98 Å². The van der Waals surface area contributed by atoms with Gasteiger partial charge in [-0.05, 0) is 78.7 Å². The van der Waals surface area contributed by atoms with E-state index in [9.17, 15) is 4.79 Å². The second-order valence-electron chi connectivity index (χ2n) is 7.67. The van der Waals surface area contributed by atoms with Crippen molar-refractivity contribution in [3.8, 4) is 11.5 Å². The van der Waals surface area contributed by atoms with E-state index in [2.05, 4.69) is 57.5 Å². The van der Waals surface area contributed by atoms with Crippen LogP contribution in [0.1, 0.15) is 42.1 Å². The minimum Gasteiger partial charge on any atom is -0.436 e. The van der Waals surface area contributed by atoms with Gasteiger partial charge in [-0.3, -0.25) is 10.1 Å². The van der Waals surface area contributed by atoms with Crippen molar-refractivity contribution in [1.29, 1.82) is 0 Å². The first-order chi connectivity index (χ1) is 15.8. The lowest BCUT2D eigenvalue weighted by molar-refractivity contribution is 0.0977. The maximum atomic E-state index is 12.4. The number of benzene rings is 3. The fraction of sp³-hybridized carbons (Fsp3) is 0.160. The first kappa shape index (κ1) is 23.4. The lowest BCUT2D eigenvalue weighted by Crippen LogP contribution is -2.34. The Morgan fingerprint density at radius 1 is 1.18 bits per heavy atom. The molecule has 0 aliphatic heterocycles. The predicted molar refractivity (Wildman–Crippen MR) is 141 cm³/mol. The number of rotatable bonds is 5. The van der Waals surface area contributed by atoms with Crippen LogP contribution in [0.4, 0.5) is 5.69 Å². The molecule has 1 atom stereocenters. The van der Waals surface area contributed by atoms with Crippen LogP contribution in [0.5, 0.6) is 0 Å². The number of fused-ring (bicyclic) bond motifs is 1. The molecule has 2 N–H and O–H groups in total. The number of hydrogen-bond donors (Lipinski definition) is 2. The van der Waals surface area contributed by atoms with Crippen LogP contribution in [0, 0.1) is 0 Å². The molecule has 168 valence electrons. The van der Waals surface area contributed by atoms with E-state index in [1.165, 1.54) is 5.56 Å². The van der Waals surface area contributed by atoms with Crippen LogP contribution < -0.4 is 10.6 Å². The summed E-state index contributed by atoms with van der Waals surface area (Å²) >= 11 is 15.0. The van der Waals surface area contributed by atoms with E-state index in [1.807, 2.05) is 18.2 Å². The topological polar surface area (TPSA) is 67.2 Å². The Labute approximate surface area is 210 Å². The first-order valence-corrected chi connectivity index (χ1v) is 12.0.